The van der Waals surface area contributed by atoms with E-state index in [0.29, 0.717) is 16.4 Å². The fourth-order valence-corrected chi connectivity index (χ4v) is 3.41. The summed E-state index contributed by atoms with van der Waals surface area (Å²) in [5.74, 6) is 0.767. The first-order valence-electron chi connectivity index (χ1n) is 7.79. The molecule has 1 aromatic heterocycles. The van der Waals surface area contributed by atoms with Crippen molar-refractivity contribution < 1.29 is 19.1 Å². The summed E-state index contributed by atoms with van der Waals surface area (Å²) in [6.45, 7) is 0.173. The van der Waals surface area contributed by atoms with Crippen molar-refractivity contribution in [3.8, 4) is 5.75 Å². The summed E-state index contributed by atoms with van der Waals surface area (Å²) < 4.78 is 10.9. The number of amides is 1. The molecule has 1 aromatic carbocycles. The molecule has 0 radical (unpaired) electrons. The Morgan fingerprint density at radius 1 is 1.43 bits per heavy atom. The Kier molecular flexibility index (Phi) is 4.78. The van der Waals surface area contributed by atoms with E-state index in [4.69, 9.17) is 20.8 Å². The number of ether oxygens (including phenoxy) is 1. The number of carbonyl (C=O) groups excluding carboxylic acids is 1. The molecule has 5 nitrogen and oxygen atoms in total. The number of hydrogen-bond donors (Lipinski definition) is 2. The topological polar surface area (TPSA) is 71.7 Å². The second-order valence-corrected chi connectivity index (χ2v) is 6.46. The molecule has 1 heterocycles. The molecular formula is C17H20ClNO4. The van der Waals surface area contributed by atoms with Crippen LogP contribution in [0, 0.1) is 5.92 Å². The van der Waals surface area contributed by atoms with E-state index in [1.165, 1.54) is 7.11 Å². The van der Waals surface area contributed by atoms with Gasteiger partial charge in [0.2, 0.25) is 0 Å². The third kappa shape index (κ3) is 3.46. The monoisotopic (exact) mass is 337 g/mol. The van der Waals surface area contributed by atoms with Crippen LogP contribution in [-0.2, 0) is 0 Å². The molecule has 124 valence electrons. The molecule has 0 aliphatic heterocycles. The highest BCUT2D eigenvalue weighted by Gasteiger charge is 2.24. The van der Waals surface area contributed by atoms with Crippen molar-refractivity contribution in [3.63, 3.8) is 0 Å². The summed E-state index contributed by atoms with van der Waals surface area (Å²) in [7, 11) is 1.53. The van der Waals surface area contributed by atoms with Crippen LogP contribution in [0.3, 0.4) is 0 Å². The van der Waals surface area contributed by atoms with E-state index in [2.05, 4.69) is 5.32 Å². The molecule has 3 rings (SSSR count). The minimum absolute atomic E-state index is 0.0760. The van der Waals surface area contributed by atoms with Crippen molar-refractivity contribution in [2.24, 2.45) is 5.92 Å². The summed E-state index contributed by atoms with van der Waals surface area (Å²) in [5.41, 5.74) is 0.513. The first kappa shape index (κ1) is 16.1. The van der Waals surface area contributed by atoms with E-state index in [-0.39, 0.29) is 30.2 Å². The Bertz CT molecular complexity index is 712. The molecule has 1 saturated carbocycles. The normalized spacial score (nSPS) is 21.3. The Morgan fingerprint density at radius 3 is 3.00 bits per heavy atom. The first-order valence-corrected chi connectivity index (χ1v) is 8.17. The van der Waals surface area contributed by atoms with Gasteiger partial charge in [0.1, 0.15) is 0 Å². The van der Waals surface area contributed by atoms with Crippen LogP contribution in [0.2, 0.25) is 5.02 Å². The number of carbonyl (C=O) groups is 1. The third-order valence-electron chi connectivity index (χ3n) is 4.37. The maximum Gasteiger partial charge on any atom is 0.287 e. The van der Waals surface area contributed by atoms with Gasteiger partial charge in [0.05, 0.1) is 7.11 Å². The van der Waals surface area contributed by atoms with Gasteiger partial charge in [-0.2, -0.15) is 0 Å². The lowest BCUT2D eigenvalue weighted by Crippen LogP contribution is -2.38. The molecule has 1 aliphatic carbocycles. The number of fused-ring (bicyclic) bond motifs is 1. The third-order valence-corrected chi connectivity index (χ3v) is 4.59. The zero-order valence-electron chi connectivity index (χ0n) is 13.0. The van der Waals surface area contributed by atoms with Crippen molar-refractivity contribution in [3.05, 3.63) is 29.0 Å². The van der Waals surface area contributed by atoms with E-state index in [1.807, 2.05) is 0 Å². The van der Waals surface area contributed by atoms with Gasteiger partial charge >= 0.3 is 0 Å². The van der Waals surface area contributed by atoms with Crippen LogP contribution in [0.25, 0.3) is 11.0 Å². The van der Waals surface area contributed by atoms with Gasteiger partial charge in [0, 0.05) is 29.1 Å². The molecular weight excluding hydrogens is 318 g/mol. The maximum absolute atomic E-state index is 12.4. The van der Waals surface area contributed by atoms with Gasteiger partial charge in [0.25, 0.3) is 5.91 Å². The molecule has 6 heteroatoms. The van der Waals surface area contributed by atoms with Crippen LogP contribution in [0.5, 0.6) is 5.75 Å². The quantitative estimate of drug-likeness (QED) is 0.897. The van der Waals surface area contributed by atoms with Gasteiger partial charge in [-0.3, -0.25) is 4.79 Å². The van der Waals surface area contributed by atoms with Crippen LogP contribution in [0.4, 0.5) is 0 Å². The first-order chi connectivity index (χ1) is 11.1. The average Bonchev–Trinajstić information content (AvgIpc) is 2.98. The standard InChI is InChI=1S/C17H20ClNO4/c1-22-14-8-12(18)6-11-7-15(23-16(11)14)17(21)19-13-4-2-3-10(5-13)9-20/h6-8,10,13,20H,2-5,9H2,1H3,(H,19,21)/t10-,13-/m1/s1. The summed E-state index contributed by atoms with van der Waals surface area (Å²) in [5, 5.41) is 13.5. The Labute approximate surface area is 139 Å². The minimum Gasteiger partial charge on any atom is -0.493 e. The van der Waals surface area contributed by atoms with Crippen LogP contribution < -0.4 is 10.1 Å². The van der Waals surface area contributed by atoms with Gasteiger partial charge in [-0.25, -0.2) is 0 Å². The van der Waals surface area contributed by atoms with Crippen molar-refractivity contribution in [2.75, 3.05) is 13.7 Å². The fraction of sp³-hybridized carbons (Fsp3) is 0.471. The molecule has 0 unspecified atom stereocenters. The number of hydrogen-bond acceptors (Lipinski definition) is 4. The Hall–Kier alpha value is -1.72. The second kappa shape index (κ2) is 6.81. The van der Waals surface area contributed by atoms with Crippen LogP contribution >= 0.6 is 11.6 Å². The Morgan fingerprint density at radius 2 is 2.26 bits per heavy atom. The zero-order valence-corrected chi connectivity index (χ0v) is 13.7. The molecule has 1 fully saturated rings. The van der Waals surface area contributed by atoms with E-state index >= 15 is 0 Å². The lowest BCUT2D eigenvalue weighted by Gasteiger charge is -2.28. The Balaban J connectivity index is 1.78. The molecule has 0 saturated heterocycles. The predicted octanol–water partition coefficient (Wildman–Crippen LogP) is 3.38. The van der Waals surface area contributed by atoms with Crippen molar-refractivity contribution in [1.82, 2.24) is 5.32 Å². The number of methoxy groups -OCH3 is 1. The lowest BCUT2D eigenvalue weighted by molar-refractivity contribution is 0.0880. The van der Waals surface area contributed by atoms with Gasteiger partial charge in [-0.1, -0.05) is 18.0 Å². The minimum atomic E-state index is -0.247. The van der Waals surface area contributed by atoms with Crippen LogP contribution in [0.15, 0.2) is 22.6 Å². The number of halogens is 1. The van der Waals surface area contributed by atoms with Gasteiger partial charge in [-0.05, 0) is 37.3 Å². The van der Waals surface area contributed by atoms with Crippen molar-refractivity contribution in [2.45, 2.75) is 31.7 Å². The van der Waals surface area contributed by atoms with E-state index in [1.54, 1.807) is 18.2 Å². The van der Waals surface area contributed by atoms with Gasteiger partial charge in [0.15, 0.2) is 17.1 Å². The molecule has 0 bridgehead atoms. The summed E-state index contributed by atoms with van der Waals surface area (Å²) in [6, 6.07) is 5.14. The largest absolute Gasteiger partial charge is 0.493 e. The highest BCUT2D eigenvalue weighted by atomic mass is 35.5. The molecule has 1 aliphatic rings. The molecule has 2 N–H and O–H groups in total. The molecule has 1 amide bonds. The van der Waals surface area contributed by atoms with Gasteiger partial charge in [-0.15, -0.1) is 0 Å². The smallest absolute Gasteiger partial charge is 0.287 e. The van der Waals surface area contributed by atoms with Crippen LogP contribution in [-0.4, -0.2) is 30.8 Å². The van der Waals surface area contributed by atoms with E-state index < -0.39 is 0 Å². The van der Waals surface area contributed by atoms with E-state index in [9.17, 15) is 9.90 Å². The lowest BCUT2D eigenvalue weighted by atomic mass is 9.86. The number of benzene rings is 1. The van der Waals surface area contributed by atoms with Gasteiger partial charge < -0.3 is 19.6 Å². The maximum atomic E-state index is 12.4. The SMILES string of the molecule is COc1cc(Cl)cc2cc(C(=O)N[C@@H]3CCC[C@@H](CO)C3)oc12. The summed E-state index contributed by atoms with van der Waals surface area (Å²) >= 11 is 6.03. The highest BCUT2D eigenvalue weighted by molar-refractivity contribution is 6.31. The van der Waals surface area contributed by atoms with Crippen LogP contribution in [0.1, 0.15) is 36.2 Å². The summed E-state index contributed by atoms with van der Waals surface area (Å²) in [4.78, 5) is 12.4. The molecule has 2 atom stereocenters. The van der Waals surface area contributed by atoms with E-state index in [0.717, 1.165) is 31.1 Å². The number of aliphatic hydroxyl groups is 1. The summed E-state index contributed by atoms with van der Waals surface area (Å²) in [6.07, 6.45) is 3.76. The average molecular weight is 338 g/mol. The predicted molar refractivity (Wildman–Crippen MR) is 88.1 cm³/mol. The van der Waals surface area contributed by atoms with Crippen molar-refractivity contribution >= 4 is 28.5 Å². The zero-order chi connectivity index (χ0) is 16.4. The van der Waals surface area contributed by atoms with Crippen molar-refractivity contribution in [1.29, 1.82) is 0 Å². The highest BCUT2D eigenvalue weighted by Crippen LogP contribution is 2.32. The second-order valence-electron chi connectivity index (χ2n) is 6.02. The number of rotatable bonds is 4. The number of aliphatic hydroxyl groups excluding tert-OH is 1. The number of furan rings is 1. The fourth-order valence-electron chi connectivity index (χ4n) is 3.19. The molecule has 23 heavy (non-hydrogen) atoms. The molecule has 2 aromatic rings. The molecule has 0 spiro atoms. The number of nitrogens with one attached hydrogen (secondary N) is 1.